The molecular formula is C18H19F2NO2. The van der Waals surface area contributed by atoms with E-state index in [1.54, 1.807) is 6.92 Å². The highest BCUT2D eigenvalue weighted by Gasteiger charge is 2.41. The molecule has 0 atom stereocenters. The molecule has 1 aliphatic rings. The Balaban J connectivity index is 2.08. The van der Waals surface area contributed by atoms with Crippen LogP contribution in [0, 0.1) is 18.8 Å². The second kappa shape index (κ2) is 7.28. The zero-order valence-electron chi connectivity index (χ0n) is 13.2. The maximum atomic E-state index is 14.1. The number of likely N-dealkylation sites (tertiary alicyclic amines) is 1. The van der Waals surface area contributed by atoms with Crippen molar-refractivity contribution in [2.24, 2.45) is 0 Å². The smallest absolute Gasteiger partial charge is 0.409 e. The topological polar surface area (TPSA) is 29.5 Å². The third-order valence-electron chi connectivity index (χ3n) is 3.52. The number of piperidine rings is 1. The largest absolute Gasteiger partial charge is 0.450 e. The number of rotatable bonds is 1. The molecule has 5 heteroatoms. The lowest BCUT2D eigenvalue weighted by molar-refractivity contribution is -0.0184. The van der Waals surface area contributed by atoms with E-state index in [1.807, 2.05) is 31.2 Å². The Morgan fingerprint density at radius 2 is 2.26 bits per heavy atom. The first kappa shape index (κ1) is 17.0. The third kappa shape index (κ3) is 4.56. The van der Waals surface area contributed by atoms with E-state index in [1.165, 1.54) is 6.08 Å². The monoisotopic (exact) mass is 319 g/mol. The molecule has 0 N–H and O–H groups in total. The van der Waals surface area contributed by atoms with Crippen molar-refractivity contribution in [2.45, 2.75) is 26.2 Å². The van der Waals surface area contributed by atoms with Crippen LogP contribution in [0.1, 0.15) is 24.5 Å². The molecule has 122 valence electrons. The molecule has 0 saturated carbocycles. The van der Waals surface area contributed by atoms with Gasteiger partial charge < -0.3 is 9.64 Å². The second-order valence-corrected chi connectivity index (χ2v) is 5.38. The number of hydrogen-bond acceptors (Lipinski definition) is 2. The summed E-state index contributed by atoms with van der Waals surface area (Å²) in [4.78, 5) is 12.6. The van der Waals surface area contributed by atoms with Crippen molar-refractivity contribution < 1.29 is 18.3 Å². The molecule has 1 saturated heterocycles. The summed E-state index contributed by atoms with van der Waals surface area (Å²) in [5.74, 6) is 2.48. The van der Waals surface area contributed by atoms with Crippen LogP contribution in [-0.2, 0) is 4.74 Å². The van der Waals surface area contributed by atoms with Crippen LogP contribution in [0.4, 0.5) is 13.6 Å². The predicted octanol–water partition coefficient (Wildman–Crippen LogP) is 3.77. The van der Waals surface area contributed by atoms with Crippen LogP contribution < -0.4 is 0 Å². The number of amides is 1. The minimum atomic E-state index is -3.08. The molecule has 0 radical (unpaired) electrons. The number of carbonyl (C=O) groups is 1. The van der Waals surface area contributed by atoms with Crippen LogP contribution in [0.5, 0.6) is 0 Å². The lowest BCUT2D eigenvalue weighted by Crippen LogP contribution is -2.47. The summed E-state index contributed by atoms with van der Waals surface area (Å²) in [5, 5.41) is 0. The van der Waals surface area contributed by atoms with Crippen LogP contribution in [0.15, 0.2) is 35.9 Å². The van der Waals surface area contributed by atoms with Crippen LogP contribution >= 0.6 is 0 Å². The van der Waals surface area contributed by atoms with E-state index in [9.17, 15) is 13.6 Å². The molecule has 1 aromatic carbocycles. The first-order chi connectivity index (χ1) is 10.9. The molecule has 0 unspecified atom stereocenters. The molecule has 3 nitrogen and oxygen atoms in total. The van der Waals surface area contributed by atoms with Crippen molar-refractivity contribution in [2.75, 3.05) is 19.7 Å². The van der Waals surface area contributed by atoms with Crippen molar-refractivity contribution in [1.82, 2.24) is 4.90 Å². The zero-order valence-corrected chi connectivity index (χ0v) is 13.2. The van der Waals surface area contributed by atoms with E-state index in [0.717, 1.165) is 16.0 Å². The van der Waals surface area contributed by atoms with Crippen LogP contribution in [-0.4, -0.2) is 36.6 Å². The number of carbonyl (C=O) groups excluding carboxylic acids is 1. The fraction of sp³-hybridized carbons (Fsp3) is 0.389. The average Bonchev–Trinajstić information content (AvgIpc) is 2.48. The van der Waals surface area contributed by atoms with E-state index >= 15 is 0 Å². The van der Waals surface area contributed by atoms with E-state index in [4.69, 9.17) is 4.74 Å². The van der Waals surface area contributed by atoms with Gasteiger partial charge in [-0.3, -0.25) is 0 Å². The molecule has 1 fully saturated rings. The number of hydrogen-bond donors (Lipinski definition) is 0. The van der Waals surface area contributed by atoms with E-state index < -0.39 is 18.6 Å². The Labute approximate surface area is 134 Å². The highest BCUT2D eigenvalue weighted by atomic mass is 19.3. The molecule has 0 aromatic heterocycles. The highest BCUT2D eigenvalue weighted by molar-refractivity contribution is 5.68. The molecule has 1 aromatic rings. The first-order valence-corrected chi connectivity index (χ1v) is 7.49. The molecule has 23 heavy (non-hydrogen) atoms. The second-order valence-electron chi connectivity index (χ2n) is 5.38. The summed E-state index contributed by atoms with van der Waals surface area (Å²) in [6, 6.07) is 7.55. The average molecular weight is 319 g/mol. The van der Waals surface area contributed by atoms with Crippen molar-refractivity contribution in [3.8, 4) is 11.8 Å². The number of nitrogens with zero attached hydrogens (tertiary/aromatic N) is 1. The van der Waals surface area contributed by atoms with Gasteiger partial charge in [-0.2, -0.15) is 8.78 Å². The third-order valence-corrected chi connectivity index (χ3v) is 3.52. The van der Waals surface area contributed by atoms with Gasteiger partial charge in [0.2, 0.25) is 0 Å². The maximum absolute atomic E-state index is 14.1. The normalized spacial score (nSPS) is 18.3. The van der Waals surface area contributed by atoms with Crippen LogP contribution in [0.2, 0.25) is 0 Å². The van der Waals surface area contributed by atoms with Gasteiger partial charge in [0, 0.05) is 17.7 Å². The fourth-order valence-electron chi connectivity index (χ4n) is 2.34. The maximum Gasteiger partial charge on any atom is 0.409 e. The van der Waals surface area contributed by atoms with E-state index in [-0.39, 0.29) is 25.1 Å². The summed E-state index contributed by atoms with van der Waals surface area (Å²) in [5.41, 5.74) is 1.81. The van der Waals surface area contributed by atoms with Crippen molar-refractivity contribution in [1.29, 1.82) is 0 Å². The summed E-state index contributed by atoms with van der Waals surface area (Å²) in [6.07, 6.45) is 0.663. The predicted molar refractivity (Wildman–Crippen MR) is 84.3 cm³/mol. The van der Waals surface area contributed by atoms with E-state index in [2.05, 4.69) is 11.8 Å². The van der Waals surface area contributed by atoms with Gasteiger partial charge in [-0.25, -0.2) is 4.79 Å². The molecule has 0 spiro atoms. The molecule has 1 heterocycles. The number of aryl methyl sites for hydroxylation is 1. The summed E-state index contributed by atoms with van der Waals surface area (Å²) in [7, 11) is 0. The zero-order chi connectivity index (χ0) is 16.9. The van der Waals surface area contributed by atoms with Crippen molar-refractivity contribution in [3.05, 3.63) is 47.0 Å². The van der Waals surface area contributed by atoms with E-state index in [0.29, 0.717) is 0 Å². The Hall–Kier alpha value is -2.35. The van der Waals surface area contributed by atoms with Gasteiger partial charge in [0.05, 0.1) is 13.2 Å². The van der Waals surface area contributed by atoms with Gasteiger partial charge in [0.15, 0.2) is 0 Å². The summed E-state index contributed by atoms with van der Waals surface area (Å²) < 4.78 is 33.0. The van der Waals surface area contributed by atoms with Gasteiger partial charge in [-0.05, 0) is 44.0 Å². The lowest BCUT2D eigenvalue weighted by atomic mass is 10.00. The molecule has 1 amide bonds. The Morgan fingerprint density at radius 1 is 1.48 bits per heavy atom. The molecule has 2 rings (SSSR count). The highest BCUT2D eigenvalue weighted by Crippen LogP contribution is 2.32. The molecule has 0 aliphatic carbocycles. The van der Waals surface area contributed by atoms with Gasteiger partial charge in [0.25, 0.3) is 5.92 Å². The molecule has 1 aliphatic heterocycles. The Kier molecular flexibility index (Phi) is 5.38. The quantitative estimate of drug-likeness (QED) is 0.738. The summed E-state index contributed by atoms with van der Waals surface area (Å²) >= 11 is 0. The van der Waals surface area contributed by atoms with Gasteiger partial charge >= 0.3 is 6.09 Å². The number of halogens is 2. The van der Waals surface area contributed by atoms with Gasteiger partial charge in [0.1, 0.15) is 0 Å². The standard InChI is InChI=1S/C18H19F2NO2/c1-3-23-17(22)21-11-10-16(18(19,20)13-21)9-5-8-15-7-4-6-14(2)12-15/h4,6-7,9,12H,3,10-11,13H2,1-2H3/b16-9+. The van der Waals surface area contributed by atoms with Crippen LogP contribution in [0.3, 0.4) is 0 Å². The number of ether oxygens (including phenoxy) is 1. The minimum Gasteiger partial charge on any atom is -0.450 e. The van der Waals surface area contributed by atoms with Crippen LogP contribution in [0.25, 0.3) is 0 Å². The molecule has 0 bridgehead atoms. The van der Waals surface area contributed by atoms with Crippen molar-refractivity contribution >= 4 is 6.09 Å². The Bertz CT molecular complexity index is 671. The van der Waals surface area contributed by atoms with Gasteiger partial charge in [-0.15, -0.1) is 0 Å². The number of alkyl halides is 2. The first-order valence-electron chi connectivity index (χ1n) is 7.49. The lowest BCUT2D eigenvalue weighted by Gasteiger charge is -2.33. The van der Waals surface area contributed by atoms with Crippen molar-refractivity contribution in [3.63, 3.8) is 0 Å². The summed E-state index contributed by atoms with van der Waals surface area (Å²) in [6.45, 7) is 3.32. The Morgan fingerprint density at radius 3 is 2.91 bits per heavy atom. The minimum absolute atomic E-state index is 0.0433. The SMILES string of the molecule is CCOC(=O)N1CC/C(=C\C#Cc2cccc(C)c2)C(F)(F)C1. The molecular weight excluding hydrogens is 300 g/mol. The number of benzene rings is 1. The number of allylic oxidation sites excluding steroid dienone is 1. The fourth-order valence-corrected chi connectivity index (χ4v) is 2.34. The van der Waals surface area contributed by atoms with Gasteiger partial charge in [-0.1, -0.05) is 24.0 Å².